The number of benzene rings is 1. The van der Waals surface area contributed by atoms with Gasteiger partial charge in [-0.1, -0.05) is 12.1 Å². The Morgan fingerprint density at radius 1 is 1.17 bits per heavy atom. The van der Waals surface area contributed by atoms with Crippen LogP contribution >= 0.6 is 0 Å². The first-order chi connectivity index (χ1) is 8.66. The van der Waals surface area contributed by atoms with Crippen LogP contribution in [-0.2, 0) is 0 Å². The quantitative estimate of drug-likeness (QED) is 0.760. The van der Waals surface area contributed by atoms with Crippen LogP contribution in [0.5, 0.6) is 0 Å². The monoisotopic (exact) mass is 243 g/mol. The van der Waals surface area contributed by atoms with E-state index < -0.39 is 6.17 Å². The van der Waals surface area contributed by atoms with Crippen LogP contribution in [0.1, 0.15) is 20.7 Å². The molecule has 0 bridgehead atoms. The number of hydrogen-bond acceptors (Lipinski definition) is 6. The SMILES string of the molecule is NC1=N[C@@H](CN2C(=O)c3ccccc3C2=O)N=N1. The summed E-state index contributed by atoms with van der Waals surface area (Å²) in [5, 5.41) is 7.32. The van der Waals surface area contributed by atoms with E-state index in [1.165, 1.54) is 0 Å². The number of nitrogens with two attached hydrogens (primary N) is 1. The van der Waals surface area contributed by atoms with E-state index in [4.69, 9.17) is 5.73 Å². The van der Waals surface area contributed by atoms with Gasteiger partial charge >= 0.3 is 0 Å². The minimum absolute atomic E-state index is 0.0660. The second kappa shape index (κ2) is 3.73. The summed E-state index contributed by atoms with van der Waals surface area (Å²) >= 11 is 0. The third-order valence-corrected chi connectivity index (χ3v) is 2.80. The standard InChI is InChI=1S/C11H9N5O2/c12-11-13-8(14-15-11)5-16-9(17)6-3-1-2-4-7(6)10(16)18/h1-4,8H,5H2,(H2,12,13)/t8-/m1/s1. The highest BCUT2D eigenvalue weighted by Crippen LogP contribution is 2.23. The zero-order valence-corrected chi connectivity index (χ0v) is 9.28. The van der Waals surface area contributed by atoms with Gasteiger partial charge in [-0.25, -0.2) is 4.99 Å². The topological polar surface area (TPSA) is 100 Å². The summed E-state index contributed by atoms with van der Waals surface area (Å²) in [4.78, 5) is 29.1. The first-order valence-electron chi connectivity index (χ1n) is 5.36. The highest BCUT2D eigenvalue weighted by Gasteiger charge is 2.36. The van der Waals surface area contributed by atoms with Crippen molar-refractivity contribution < 1.29 is 9.59 Å². The van der Waals surface area contributed by atoms with Crippen molar-refractivity contribution in [2.24, 2.45) is 21.0 Å². The Bertz CT molecular complexity index is 572. The predicted octanol–water partition coefficient (Wildman–Crippen LogP) is 0.389. The molecule has 2 aliphatic rings. The molecule has 1 atom stereocenters. The van der Waals surface area contributed by atoms with Gasteiger partial charge in [-0.15, -0.1) is 5.11 Å². The van der Waals surface area contributed by atoms with Crippen molar-refractivity contribution in [1.29, 1.82) is 0 Å². The molecule has 0 unspecified atom stereocenters. The Labute approximate surface area is 102 Å². The highest BCUT2D eigenvalue weighted by atomic mass is 16.2. The third kappa shape index (κ3) is 1.48. The maximum absolute atomic E-state index is 12.0. The normalized spacial score (nSPS) is 21.4. The fourth-order valence-corrected chi connectivity index (χ4v) is 1.98. The summed E-state index contributed by atoms with van der Waals surface area (Å²) in [5.41, 5.74) is 6.18. The average Bonchev–Trinajstić information content (AvgIpc) is 2.88. The molecule has 2 heterocycles. The van der Waals surface area contributed by atoms with E-state index >= 15 is 0 Å². The molecule has 7 heteroatoms. The molecule has 2 N–H and O–H groups in total. The molecule has 2 amide bonds. The largest absolute Gasteiger partial charge is 0.367 e. The smallest absolute Gasteiger partial charge is 0.261 e. The van der Waals surface area contributed by atoms with Crippen LogP contribution in [0.15, 0.2) is 39.5 Å². The van der Waals surface area contributed by atoms with Crippen LogP contribution in [0.3, 0.4) is 0 Å². The second-order valence-electron chi connectivity index (χ2n) is 3.95. The van der Waals surface area contributed by atoms with E-state index in [0.29, 0.717) is 11.1 Å². The summed E-state index contributed by atoms with van der Waals surface area (Å²) < 4.78 is 0. The molecule has 0 spiro atoms. The number of carbonyl (C=O) groups excluding carboxylic acids is 2. The van der Waals surface area contributed by atoms with E-state index in [9.17, 15) is 9.59 Å². The number of rotatable bonds is 2. The first-order valence-corrected chi connectivity index (χ1v) is 5.36. The van der Waals surface area contributed by atoms with Gasteiger partial charge in [-0.2, -0.15) is 5.11 Å². The molecular formula is C11H9N5O2. The van der Waals surface area contributed by atoms with Gasteiger partial charge in [0.05, 0.1) is 17.7 Å². The van der Waals surface area contributed by atoms with Crippen molar-refractivity contribution in [3.05, 3.63) is 35.4 Å². The van der Waals surface area contributed by atoms with E-state index in [1.807, 2.05) is 0 Å². The summed E-state index contributed by atoms with van der Waals surface area (Å²) in [6.45, 7) is 0.0660. The number of hydrogen-bond donors (Lipinski definition) is 1. The number of fused-ring (bicyclic) bond motifs is 1. The number of carbonyl (C=O) groups is 2. The van der Waals surface area contributed by atoms with E-state index in [-0.39, 0.29) is 24.3 Å². The Morgan fingerprint density at radius 3 is 2.28 bits per heavy atom. The van der Waals surface area contributed by atoms with Crippen LogP contribution in [0.25, 0.3) is 0 Å². The molecule has 3 rings (SSSR count). The van der Waals surface area contributed by atoms with Crippen LogP contribution in [0.2, 0.25) is 0 Å². The van der Waals surface area contributed by atoms with Crippen molar-refractivity contribution in [2.75, 3.05) is 6.54 Å². The molecule has 1 aromatic carbocycles. The van der Waals surface area contributed by atoms with Gasteiger partial charge in [-0.3, -0.25) is 14.5 Å². The molecule has 0 saturated heterocycles. The van der Waals surface area contributed by atoms with E-state index in [0.717, 1.165) is 4.90 Å². The van der Waals surface area contributed by atoms with Gasteiger partial charge < -0.3 is 5.73 Å². The molecule has 2 aliphatic heterocycles. The van der Waals surface area contributed by atoms with Gasteiger partial charge in [0.2, 0.25) is 5.96 Å². The van der Waals surface area contributed by atoms with Crippen molar-refractivity contribution in [1.82, 2.24) is 4.90 Å². The zero-order valence-electron chi connectivity index (χ0n) is 9.28. The lowest BCUT2D eigenvalue weighted by molar-refractivity contribution is 0.0646. The number of guanidine groups is 1. The summed E-state index contributed by atoms with van der Waals surface area (Å²) in [5.74, 6) is -0.588. The molecule has 90 valence electrons. The maximum Gasteiger partial charge on any atom is 0.261 e. The van der Waals surface area contributed by atoms with Crippen molar-refractivity contribution in [2.45, 2.75) is 6.17 Å². The highest BCUT2D eigenvalue weighted by molar-refractivity contribution is 6.21. The first kappa shape index (κ1) is 10.6. The minimum atomic E-state index is -0.591. The second-order valence-corrected chi connectivity index (χ2v) is 3.95. The number of amides is 2. The molecule has 1 aromatic rings. The lowest BCUT2D eigenvalue weighted by atomic mass is 10.1. The number of nitrogens with zero attached hydrogens (tertiary/aromatic N) is 4. The van der Waals surface area contributed by atoms with E-state index in [2.05, 4.69) is 15.2 Å². The van der Waals surface area contributed by atoms with Crippen LogP contribution in [0, 0.1) is 0 Å². The van der Waals surface area contributed by atoms with Crippen molar-refractivity contribution in [3.63, 3.8) is 0 Å². The van der Waals surface area contributed by atoms with Gasteiger partial charge in [0.1, 0.15) is 0 Å². The van der Waals surface area contributed by atoms with Gasteiger partial charge in [0.15, 0.2) is 6.17 Å². The van der Waals surface area contributed by atoms with Crippen LogP contribution in [0.4, 0.5) is 0 Å². The fraction of sp³-hybridized carbons (Fsp3) is 0.182. The van der Waals surface area contributed by atoms with Crippen molar-refractivity contribution >= 4 is 17.8 Å². The minimum Gasteiger partial charge on any atom is -0.367 e. The molecule has 0 fully saturated rings. The summed E-state index contributed by atoms with van der Waals surface area (Å²) in [6.07, 6.45) is -0.591. The average molecular weight is 243 g/mol. The number of azo groups is 1. The molecule has 18 heavy (non-hydrogen) atoms. The van der Waals surface area contributed by atoms with Crippen LogP contribution in [-0.4, -0.2) is 35.4 Å². The number of aliphatic imine (C=N–C) groups is 1. The lowest BCUT2D eigenvalue weighted by Crippen LogP contribution is -2.35. The molecular weight excluding hydrogens is 234 g/mol. The summed E-state index contributed by atoms with van der Waals surface area (Å²) in [7, 11) is 0. The van der Waals surface area contributed by atoms with Gasteiger partial charge in [-0.05, 0) is 12.1 Å². The Morgan fingerprint density at radius 2 is 1.78 bits per heavy atom. The molecule has 0 aliphatic carbocycles. The maximum atomic E-state index is 12.0. The third-order valence-electron chi connectivity index (χ3n) is 2.80. The summed E-state index contributed by atoms with van der Waals surface area (Å²) in [6, 6.07) is 6.70. The van der Waals surface area contributed by atoms with Gasteiger partial charge in [0, 0.05) is 0 Å². The van der Waals surface area contributed by atoms with E-state index in [1.54, 1.807) is 24.3 Å². The van der Waals surface area contributed by atoms with Gasteiger partial charge in [0.25, 0.3) is 11.8 Å². The predicted molar refractivity (Wildman–Crippen MR) is 62.1 cm³/mol. The van der Waals surface area contributed by atoms with Crippen LogP contribution < -0.4 is 5.73 Å². The Hall–Kier alpha value is -2.57. The zero-order chi connectivity index (χ0) is 12.7. The number of imide groups is 1. The molecule has 0 aromatic heterocycles. The molecule has 0 radical (unpaired) electrons. The molecule has 0 saturated carbocycles. The fourth-order valence-electron chi connectivity index (χ4n) is 1.98. The Balaban J connectivity index is 1.87. The molecule has 7 nitrogen and oxygen atoms in total. The lowest BCUT2D eigenvalue weighted by Gasteiger charge is -2.14. The van der Waals surface area contributed by atoms with Crippen molar-refractivity contribution in [3.8, 4) is 0 Å². The Kier molecular flexibility index (Phi) is 2.19.